The number of aromatic nitrogens is 2. The zero-order chi connectivity index (χ0) is 14.4. The molecule has 0 unspecified atom stereocenters. The van der Waals surface area contributed by atoms with Gasteiger partial charge in [-0.1, -0.05) is 0 Å². The average molecular weight is 276 g/mol. The molecule has 5 nitrogen and oxygen atoms in total. The predicted molar refractivity (Wildman–Crippen MR) is 73.8 cm³/mol. The summed E-state index contributed by atoms with van der Waals surface area (Å²) in [6.07, 6.45) is 4.64. The standard InChI is InChI=1S/C15H20N2O3/c1-8-12(7-13(18)19)9(2)17(15(20)16-8)14(10-3-4-10)11-5-6-11/h10-11,14H,3-7H2,1-2H3,(H,18,19). The Labute approximate surface area is 117 Å². The largest absolute Gasteiger partial charge is 0.481 e. The fraction of sp³-hybridized carbons (Fsp3) is 0.667. The van der Waals surface area contributed by atoms with E-state index < -0.39 is 5.97 Å². The minimum atomic E-state index is -0.877. The topological polar surface area (TPSA) is 72.2 Å². The first-order valence-corrected chi connectivity index (χ1v) is 7.29. The molecular formula is C15H20N2O3. The number of hydrogen-bond acceptors (Lipinski definition) is 3. The van der Waals surface area contributed by atoms with E-state index in [0.29, 0.717) is 23.1 Å². The van der Waals surface area contributed by atoms with E-state index in [9.17, 15) is 9.59 Å². The highest BCUT2D eigenvalue weighted by molar-refractivity contribution is 5.70. The summed E-state index contributed by atoms with van der Waals surface area (Å²) in [6.45, 7) is 3.59. The summed E-state index contributed by atoms with van der Waals surface area (Å²) in [6, 6.07) is 0.239. The van der Waals surface area contributed by atoms with Crippen LogP contribution in [0.25, 0.3) is 0 Å². The van der Waals surface area contributed by atoms with Gasteiger partial charge in [-0.2, -0.15) is 4.98 Å². The van der Waals surface area contributed by atoms with E-state index in [-0.39, 0.29) is 18.2 Å². The Morgan fingerprint density at radius 2 is 1.85 bits per heavy atom. The van der Waals surface area contributed by atoms with Crippen LogP contribution in [-0.2, 0) is 11.2 Å². The Bertz CT molecular complexity index is 600. The molecule has 2 aliphatic rings. The summed E-state index contributed by atoms with van der Waals surface area (Å²) in [5.74, 6) is 0.291. The highest BCUT2D eigenvalue weighted by Crippen LogP contribution is 2.51. The molecule has 5 heteroatoms. The van der Waals surface area contributed by atoms with Gasteiger partial charge >= 0.3 is 11.7 Å². The molecule has 2 fully saturated rings. The first-order valence-electron chi connectivity index (χ1n) is 7.29. The second-order valence-electron chi connectivity index (χ2n) is 6.15. The second-order valence-corrected chi connectivity index (χ2v) is 6.15. The zero-order valence-electron chi connectivity index (χ0n) is 11.9. The maximum atomic E-state index is 12.3. The van der Waals surface area contributed by atoms with Crippen LogP contribution in [-0.4, -0.2) is 20.6 Å². The summed E-state index contributed by atoms with van der Waals surface area (Å²) in [5, 5.41) is 9.04. The molecule has 0 aliphatic heterocycles. The lowest BCUT2D eigenvalue weighted by Gasteiger charge is -2.23. The Morgan fingerprint density at radius 3 is 2.30 bits per heavy atom. The highest BCUT2D eigenvalue weighted by Gasteiger charge is 2.43. The summed E-state index contributed by atoms with van der Waals surface area (Å²) < 4.78 is 1.79. The number of hydrogen-bond donors (Lipinski definition) is 1. The second kappa shape index (κ2) is 4.72. The average Bonchev–Trinajstić information content (AvgIpc) is 3.23. The van der Waals surface area contributed by atoms with Crippen LogP contribution in [0.5, 0.6) is 0 Å². The van der Waals surface area contributed by atoms with Crippen molar-refractivity contribution in [2.45, 2.75) is 52.0 Å². The van der Waals surface area contributed by atoms with Crippen LogP contribution in [0.3, 0.4) is 0 Å². The van der Waals surface area contributed by atoms with Crippen LogP contribution in [0.2, 0.25) is 0 Å². The van der Waals surface area contributed by atoms with Crippen LogP contribution < -0.4 is 5.69 Å². The molecule has 108 valence electrons. The normalized spacial score (nSPS) is 18.6. The third kappa shape index (κ3) is 2.37. The van der Waals surface area contributed by atoms with Gasteiger partial charge in [0.15, 0.2) is 0 Å². The molecule has 1 aromatic heterocycles. The van der Waals surface area contributed by atoms with Crippen molar-refractivity contribution in [3.8, 4) is 0 Å². The molecule has 0 aromatic carbocycles. The van der Waals surface area contributed by atoms with E-state index in [0.717, 1.165) is 5.69 Å². The van der Waals surface area contributed by atoms with Gasteiger partial charge < -0.3 is 5.11 Å². The summed E-state index contributed by atoms with van der Waals surface area (Å²) >= 11 is 0. The summed E-state index contributed by atoms with van der Waals surface area (Å²) in [4.78, 5) is 27.4. The minimum absolute atomic E-state index is 0.0625. The quantitative estimate of drug-likeness (QED) is 0.890. The number of rotatable bonds is 5. The van der Waals surface area contributed by atoms with Gasteiger partial charge in [0.1, 0.15) is 0 Å². The van der Waals surface area contributed by atoms with Gasteiger partial charge in [-0.05, 0) is 51.4 Å². The summed E-state index contributed by atoms with van der Waals surface area (Å²) in [7, 11) is 0. The van der Waals surface area contributed by atoms with Crippen molar-refractivity contribution in [1.29, 1.82) is 0 Å². The van der Waals surface area contributed by atoms with Crippen molar-refractivity contribution in [2.75, 3.05) is 0 Å². The molecule has 2 aliphatic carbocycles. The van der Waals surface area contributed by atoms with Crippen molar-refractivity contribution < 1.29 is 9.90 Å². The maximum Gasteiger partial charge on any atom is 0.348 e. The third-order valence-corrected chi connectivity index (χ3v) is 4.54. The number of carboxylic acid groups (broad SMARTS) is 1. The first-order chi connectivity index (χ1) is 9.49. The maximum absolute atomic E-state index is 12.3. The molecule has 3 rings (SSSR count). The smallest absolute Gasteiger partial charge is 0.348 e. The molecule has 1 heterocycles. The Balaban J connectivity index is 2.09. The number of aryl methyl sites for hydroxylation is 1. The van der Waals surface area contributed by atoms with Crippen molar-refractivity contribution in [2.24, 2.45) is 11.8 Å². The number of carbonyl (C=O) groups is 1. The molecule has 1 N–H and O–H groups in total. The van der Waals surface area contributed by atoms with E-state index in [4.69, 9.17) is 5.11 Å². The Kier molecular flexibility index (Phi) is 3.15. The van der Waals surface area contributed by atoms with Crippen LogP contribution in [0.1, 0.15) is 48.7 Å². The first kappa shape index (κ1) is 13.3. The number of nitrogens with zero attached hydrogens (tertiary/aromatic N) is 2. The van der Waals surface area contributed by atoms with Crippen molar-refractivity contribution in [1.82, 2.24) is 9.55 Å². The van der Waals surface area contributed by atoms with Gasteiger partial charge in [-0.15, -0.1) is 0 Å². The molecule has 20 heavy (non-hydrogen) atoms. The van der Waals surface area contributed by atoms with Crippen LogP contribution >= 0.6 is 0 Å². The van der Waals surface area contributed by atoms with Gasteiger partial charge in [0, 0.05) is 23.0 Å². The Morgan fingerprint density at radius 1 is 1.30 bits per heavy atom. The van der Waals surface area contributed by atoms with E-state index in [1.54, 1.807) is 11.5 Å². The summed E-state index contributed by atoms with van der Waals surface area (Å²) in [5.41, 5.74) is 1.84. The molecule has 0 amide bonds. The molecule has 0 bridgehead atoms. The molecule has 1 aromatic rings. The lowest BCUT2D eigenvalue weighted by molar-refractivity contribution is -0.136. The van der Waals surface area contributed by atoms with Crippen molar-refractivity contribution in [3.63, 3.8) is 0 Å². The van der Waals surface area contributed by atoms with Gasteiger partial charge in [0.05, 0.1) is 6.42 Å². The monoisotopic (exact) mass is 276 g/mol. The molecule has 0 atom stereocenters. The minimum Gasteiger partial charge on any atom is -0.481 e. The van der Waals surface area contributed by atoms with E-state index in [1.165, 1.54) is 25.7 Å². The third-order valence-electron chi connectivity index (χ3n) is 4.54. The zero-order valence-corrected chi connectivity index (χ0v) is 11.9. The molecule has 0 saturated heterocycles. The molecule has 0 spiro atoms. The SMILES string of the molecule is Cc1nc(=O)n(C(C2CC2)C2CC2)c(C)c1CC(=O)O. The van der Waals surface area contributed by atoms with E-state index in [2.05, 4.69) is 4.98 Å². The predicted octanol–water partition coefficient (Wildman–Crippen LogP) is 1.85. The van der Waals surface area contributed by atoms with Gasteiger partial charge in [-0.3, -0.25) is 9.36 Å². The molecule has 0 radical (unpaired) electrons. The van der Waals surface area contributed by atoms with Crippen LogP contribution in [0.15, 0.2) is 4.79 Å². The fourth-order valence-corrected chi connectivity index (χ4v) is 3.26. The molecule has 2 saturated carbocycles. The van der Waals surface area contributed by atoms with Crippen LogP contribution in [0.4, 0.5) is 0 Å². The van der Waals surface area contributed by atoms with Gasteiger partial charge in [-0.25, -0.2) is 4.79 Å². The van der Waals surface area contributed by atoms with Crippen molar-refractivity contribution >= 4 is 5.97 Å². The van der Waals surface area contributed by atoms with E-state index in [1.807, 2.05) is 6.92 Å². The Hall–Kier alpha value is -1.65. The van der Waals surface area contributed by atoms with Crippen LogP contribution in [0, 0.1) is 25.7 Å². The fourth-order valence-electron chi connectivity index (χ4n) is 3.26. The lowest BCUT2D eigenvalue weighted by Crippen LogP contribution is -2.33. The van der Waals surface area contributed by atoms with Gasteiger partial charge in [0.2, 0.25) is 0 Å². The van der Waals surface area contributed by atoms with Crippen molar-refractivity contribution in [3.05, 3.63) is 27.4 Å². The van der Waals surface area contributed by atoms with Gasteiger partial charge in [0.25, 0.3) is 0 Å². The highest BCUT2D eigenvalue weighted by atomic mass is 16.4. The molecular weight excluding hydrogens is 256 g/mol. The number of carboxylic acids is 1. The van der Waals surface area contributed by atoms with E-state index >= 15 is 0 Å². The lowest BCUT2D eigenvalue weighted by atomic mass is 10.0. The number of aliphatic carboxylic acids is 1.